The van der Waals surface area contributed by atoms with Crippen molar-refractivity contribution in [3.63, 3.8) is 0 Å². The van der Waals surface area contributed by atoms with Crippen LogP contribution in [0.3, 0.4) is 0 Å². The summed E-state index contributed by atoms with van der Waals surface area (Å²) in [4.78, 5) is 0. The van der Waals surface area contributed by atoms with Crippen molar-refractivity contribution >= 4 is 0 Å². The predicted molar refractivity (Wildman–Crippen MR) is 40.2 cm³/mol. The molecule has 0 rings (SSSR count). The second-order valence-electron chi connectivity index (χ2n) is 3.12. The maximum absolute atomic E-state index is 5.03. The maximum atomic E-state index is 5.03. The molecule has 0 N–H and O–H groups in total. The summed E-state index contributed by atoms with van der Waals surface area (Å²) in [7, 11) is 0. The number of allylic oxidation sites excluding steroid dienone is 1. The summed E-state index contributed by atoms with van der Waals surface area (Å²) in [5, 5.41) is 0. The third-order valence-electron chi connectivity index (χ3n) is 0.831. The van der Waals surface area contributed by atoms with Gasteiger partial charge in [0.05, 0.1) is 12.9 Å². The average Bonchev–Trinajstić information content (AvgIpc) is 1.63. The monoisotopic (exact) mass is 128 g/mol. The summed E-state index contributed by atoms with van der Waals surface area (Å²) in [6.07, 6.45) is 3.82. The quantitative estimate of drug-likeness (QED) is 0.519. The second kappa shape index (κ2) is 3.54. The van der Waals surface area contributed by atoms with Crippen LogP contribution in [0, 0.1) is 5.41 Å². The van der Waals surface area contributed by atoms with E-state index in [9.17, 15) is 0 Å². The third-order valence-corrected chi connectivity index (χ3v) is 0.831. The van der Waals surface area contributed by atoms with Crippen LogP contribution in [0.4, 0.5) is 0 Å². The predicted octanol–water partition coefficient (Wildman–Crippen LogP) is 2.58. The molecule has 0 aliphatic carbocycles. The van der Waals surface area contributed by atoms with E-state index in [4.69, 9.17) is 4.74 Å². The maximum Gasteiger partial charge on any atom is 0.0845 e. The van der Waals surface area contributed by atoms with Crippen molar-refractivity contribution in [1.29, 1.82) is 0 Å². The molecule has 0 fully saturated rings. The van der Waals surface area contributed by atoms with Crippen molar-refractivity contribution in [2.45, 2.75) is 27.7 Å². The highest BCUT2D eigenvalue weighted by molar-refractivity contribution is 4.86. The Hall–Kier alpha value is -0.460. The lowest BCUT2D eigenvalue weighted by atomic mass is 9.97. The molecule has 0 radical (unpaired) electrons. The topological polar surface area (TPSA) is 9.23 Å². The zero-order chi connectivity index (χ0) is 7.33. The van der Waals surface area contributed by atoms with Gasteiger partial charge in [-0.05, 0) is 18.4 Å². The normalized spacial score (nSPS) is 12.4. The summed E-state index contributed by atoms with van der Waals surface area (Å²) < 4.78 is 5.03. The van der Waals surface area contributed by atoms with Crippen LogP contribution in [0.2, 0.25) is 0 Å². The van der Waals surface area contributed by atoms with E-state index in [1.165, 1.54) is 0 Å². The highest BCUT2D eigenvalue weighted by atomic mass is 16.5. The molecule has 1 nitrogen and oxygen atoms in total. The Kier molecular flexibility index (Phi) is 3.36. The van der Waals surface area contributed by atoms with Crippen molar-refractivity contribution in [3.8, 4) is 0 Å². The Morgan fingerprint density at radius 2 is 1.89 bits per heavy atom. The lowest BCUT2D eigenvalue weighted by molar-refractivity contribution is 0.264. The Labute approximate surface area is 57.7 Å². The van der Waals surface area contributed by atoms with Crippen molar-refractivity contribution in [2.75, 3.05) is 6.61 Å². The molecule has 0 aromatic rings. The molecule has 0 aliphatic rings. The molecule has 54 valence electrons. The third kappa shape index (κ3) is 7.54. The fraction of sp³-hybridized carbons (Fsp3) is 0.750. The largest absolute Gasteiger partial charge is 0.502 e. The molecule has 9 heavy (non-hydrogen) atoms. The number of ether oxygens (including phenoxy) is 1. The molecular weight excluding hydrogens is 112 g/mol. The van der Waals surface area contributed by atoms with Crippen molar-refractivity contribution in [2.24, 2.45) is 5.41 Å². The van der Waals surface area contributed by atoms with Crippen LogP contribution in [0.1, 0.15) is 27.7 Å². The smallest absolute Gasteiger partial charge is 0.0845 e. The molecule has 0 saturated heterocycles. The van der Waals surface area contributed by atoms with Gasteiger partial charge < -0.3 is 4.74 Å². The molecule has 0 heterocycles. The molecule has 0 aromatic heterocycles. The van der Waals surface area contributed by atoms with Gasteiger partial charge in [0.1, 0.15) is 0 Å². The standard InChI is InChI=1S/C8H16O/c1-5-9-7-6-8(2,3)4/h6-7H,5H2,1-4H3. The van der Waals surface area contributed by atoms with E-state index in [1.54, 1.807) is 6.26 Å². The van der Waals surface area contributed by atoms with Gasteiger partial charge in [0, 0.05) is 0 Å². The first-order valence-electron chi connectivity index (χ1n) is 3.35. The van der Waals surface area contributed by atoms with Crippen molar-refractivity contribution in [3.05, 3.63) is 12.3 Å². The van der Waals surface area contributed by atoms with Crippen molar-refractivity contribution in [1.82, 2.24) is 0 Å². The van der Waals surface area contributed by atoms with Gasteiger partial charge in [0.25, 0.3) is 0 Å². The summed E-state index contributed by atoms with van der Waals surface area (Å²) >= 11 is 0. The van der Waals surface area contributed by atoms with Gasteiger partial charge in [-0.3, -0.25) is 0 Å². The van der Waals surface area contributed by atoms with Crippen LogP contribution in [0.25, 0.3) is 0 Å². The Bertz CT molecular complexity index is 87.2. The molecule has 0 unspecified atom stereocenters. The van der Waals surface area contributed by atoms with Crippen molar-refractivity contribution < 1.29 is 4.74 Å². The van der Waals surface area contributed by atoms with Gasteiger partial charge in [-0.15, -0.1) is 0 Å². The van der Waals surface area contributed by atoms with Gasteiger partial charge in [-0.1, -0.05) is 20.8 Å². The molecule has 0 aromatic carbocycles. The van der Waals surface area contributed by atoms with Gasteiger partial charge in [-0.25, -0.2) is 0 Å². The number of rotatable bonds is 2. The van der Waals surface area contributed by atoms with Crippen LogP contribution < -0.4 is 0 Å². The van der Waals surface area contributed by atoms with E-state index in [1.807, 2.05) is 6.92 Å². The second-order valence-corrected chi connectivity index (χ2v) is 3.12. The summed E-state index contributed by atoms with van der Waals surface area (Å²) in [5.74, 6) is 0. The van der Waals surface area contributed by atoms with E-state index in [-0.39, 0.29) is 5.41 Å². The molecule has 0 saturated carbocycles. The Morgan fingerprint density at radius 3 is 2.22 bits per heavy atom. The van der Waals surface area contributed by atoms with Gasteiger partial charge in [-0.2, -0.15) is 0 Å². The minimum Gasteiger partial charge on any atom is -0.502 e. The fourth-order valence-electron chi connectivity index (χ4n) is 0.348. The fourth-order valence-corrected chi connectivity index (χ4v) is 0.348. The van der Waals surface area contributed by atoms with Gasteiger partial charge in [0.15, 0.2) is 0 Å². The summed E-state index contributed by atoms with van der Waals surface area (Å²) in [6, 6.07) is 0. The van der Waals surface area contributed by atoms with Crippen LogP contribution in [0.5, 0.6) is 0 Å². The molecule has 0 atom stereocenters. The lowest BCUT2D eigenvalue weighted by Crippen LogP contribution is -1.98. The Morgan fingerprint density at radius 1 is 1.33 bits per heavy atom. The van der Waals surface area contributed by atoms with E-state index in [0.29, 0.717) is 0 Å². The van der Waals surface area contributed by atoms with E-state index >= 15 is 0 Å². The number of hydrogen-bond donors (Lipinski definition) is 0. The molecule has 1 heteroatoms. The van der Waals surface area contributed by atoms with Gasteiger partial charge >= 0.3 is 0 Å². The zero-order valence-corrected chi connectivity index (χ0v) is 6.77. The number of hydrogen-bond acceptors (Lipinski definition) is 1. The van der Waals surface area contributed by atoms with Crippen LogP contribution in [0.15, 0.2) is 12.3 Å². The minimum absolute atomic E-state index is 0.245. The molecule has 0 bridgehead atoms. The zero-order valence-electron chi connectivity index (χ0n) is 6.77. The average molecular weight is 128 g/mol. The van der Waals surface area contributed by atoms with E-state index in [0.717, 1.165) is 6.61 Å². The van der Waals surface area contributed by atoms with Crippen LogP contribution >= 0.6 is 0 Å². The van der Waals surface area contributed by atoms with Crippen LogP contribution in [-0.2, 0) is 4.74 Å². The van der Waals surface area contributed by atoms with E-state index < -0.39 is 0 Å². The SMILES string of the molecule is CCOC=CC(C)(C)C. The van der Waals surface area contributed by atoms with Gasteiger partial charge in [0.2, 0.25) is 0 Å². The Balaban J connectivity index is 3.45. The molecule has 0 amide bonds. The molecule has 0 spiro atoms. The highest BCUT2D eigenvalue weighted by Gasteiger charge is 2.02. The molecule has 0 aliphatic heterocycles. The highest BCUT2D eigenvalue weighted by Crippen LogP contribution is 2.13. The first kappa shape index (κ1) is 8.54. The first-order valence-corrected chi connectivity index (χ1v) is 3.35. The summed E-state index contributed by atoms with van der Waals surface area (Å²) in [5.41, 5.74) is 0.245. The molecular formula is C8H16O. The van der Waals surface area contributed by atoms with Crippen LogP contribution in [-0.4, -0.2) is 6.61 Å². The van der Waals surface area contributed by atoms with E-state index in [2.05, 4.69) is 26.8 Å². The lowest BCUT2D eigenvalue weighted by Gasteiger charge is -2.10. The summed E-state index contributed by atoms with van der Waals surface area (Å²) in [6.45, 7) is 9.16. The first-order chi connectivity index (χ1) is 4.06. The minimum atomic E-state index is 0.245.